The van der Waals surface area contributed by atoms with Crippen molar-refractivity contribution in [3.8, 4) is 0 Å². The maximum atomic E-state index is 12.2. The van der Waals surface area contributed by atoms with Gasteiger partial charge in [0.25, 0.3) is 5.91 Å². The number of ether oxygens (including phenoxy) is 1. The van der Waals surface area contributed by atoms with Crippen molar-refractivity contribution in [2.75, 3.05) is 19.7 Å². The Morgan fingerprint density at radius 3 is 2.86 bits per heavy atom. The lowest BCUT2D eigenvalue weighted by Crippen LogP contribution is -2.48. The fourth-order valence-corrected chi connectivity index (χ4v) is 3.18. The van der Waals surface area contributed by atoms with E-state index in [0.717, 1.165) is 31.8 Å². The maximum Gasteiger partial charge on any atom is 0.271 e. The molecular weight excluding hydrogens is 280 g/mol. The Hall–Kier alpha value is -1.53. The number of hydrogen-bond acceptors (Lipinski definition) is 5. The van der Waals surface area contributed by atoms with E-state index in [1.807, 2.05) is 6.92 Å². The number of fused-ring (bicyclic) bond motifs is 1. The van der Waals surface area contributed by atoms with Gasteiger partial charge >= 0.3 is 0 Å². The molecule has 1 aromatic rings. The van der Waals surface area contributed by atoms with Crippen molar-refractivity contribution < 1.29 is 9.53 Å². The van der Waals surface area contributed by atoms with E-state index in [1.54, 1.807) is 6.20 Å². The lowest BCUT2D eigenvalue weighted by Gasteiger charge is -2.36. The summed E-state index contributed by atoms with van der Waals surface area (Å²) in [6.07, 6.45) is 4.39. The molecule has 6 heteroatoms. The fourth-order valence-electron chi connectivity index (χ4n) is 3.18. The fraction of sp³-hybridized carbons (Fsp3) is 0.688. The zero-order chi connectivity index (χ0) is 15.7. The quantitative estimate of drug-likeness (QED) is 0.903. The molecule has 2 saturated heterocycles. The van der Waals surface area contributed by atoms with Crippen molar-refractivity contribution in [3.63, 3.8) is 0 Å². The number of aryl methyl sites for hydroxylation is 1. The highest BCUT2D eigenvalue weighted by Gasteiger charge is 2.38. The zero-order valence-corrected chi connectivity index (χ0v) is 13.5. The SMILES string of the molecule is Cc1cnc(C(=O)N[C@@H]2C[C@H]3CO[C@@H](C(C)C)CN3C2)cn1. The van der Waals surface area contributed by atoms with E-state index < -0.39 is 0 Å². The van der Waals surface area contributed by atoms with Crippen LogP contribution in [-0.2, 0) is 4.74 Å². The normalized spacial score (nSPS) is 28.6. The number of morpholine rings is 1. The summed E-state index contributed by atoms with van der Waals surface area (Å²) in [5.74, 6) is 0.385. The first-order valence-corrected chi connectivity index (χ1v) is 7.98. The van der Waals surface area contributed by atoms with Gasteiger partial charge in [0.05, 0.1) is 24.6 Å². The molecule has 3 atom stereocenters. The highest BCUT2D eigenvalue weighted by Crippen LogP contribution is 2.25. The van der Waals surface area contributed by atoms with Crippen LogP contribution in [0.4, 0.5) is 0 Å². The first-order chi connectivity index (χ1) is 10.5. The lowest BCUT2D eigenvalue weighted by molar-refractivity contribution is -0.0683. The van der Waals surface area contributed by atoms with Crippen molar-refractivity contribution >= 4 is 5.91 Å². The second-order valence-electron chi connectivity index (χ2n) is 6.67. The predicted molar refractivity (Wildman–Crippen MR) is 82.6 cm³/mol. The molecule has 0 spiro atoms. The molecule has 3 heterocycles. The molecule has 0 bridgehead atoms. The molecule has 0 aromatic carbocycles. The molecule has 1 N–H and O–H groups in total. The van der Waals surface area contributed by atoms with Gasteiger partial charge in [-0.05, 0) is 19.3 Å². The Balaban J connectivity index is 1.57. The predicted octanol–water partition coefficient (Wildman–Crippen LogP) is 1.01. The topological polar surface area (TPSA) is 67.3 Å². The van der Waals surface area contributed by atoms with Crippen molar-refractivity contribution in [3.05, 3.63) is 23.8 Å². The van der Waals surface area contributed by atoms with Gasteiger partial charge in [-0.1, -0.05) is 13.8 Å². The third-order valence-electron chi connectivity index (χ3n) is 4.54. The van der Waals surface area contributed by atoms with Crippen molar-refractivity contribution in [2.24, 2.45) is 5.92 Å². The molecule has 2 aliphatic rings. The van der Waals surface area contributed by atoms with Crippen molar-refractivity contribution in [1.82, 2.24) is 20.2 Å². The molecule has 0 aliphatic carbocycles. The van der Waals surface area contributed by atoms with E-state index in [4.69, 9.17) is 4.74 Å². The summed E-state index contributed by atoms with van der Waals surface area (Å²) in [5, 5.41) is 3.08. The average Bonchev–Trinajstić information content (AvgIpc) is 2.88. The van der Waals surface area contributed by atoms with Crippen LogP contribution in [-0.4, -0.2) is 58.7 Å². The number of rotatable bonds is 3. The molecule has 0 radical (unpaired) electrons. The number of nitrogens with one attached hydrogen (secondary N) is 1. The van der Waals surface area contributed by atoms with Gasteiger partial charge in [-0.15, -0.1) is 0 Å². The summed E-state index contributed by atoms with van der Waals surface area (Å²) in [4.78, 5) is 22.9. The van der Waals surface area contributed by atoms with E-state index in [2.05, 4.69) is 34.0 Å². The molecular formula is C16H24N4O2. The largest absolute Gasteiger partial charge is 0.375 e. The number of carbonyl (C=O) groups excluding carboxylic acids is 1. The molecule has 2 fully saturated rings. The maximum absolute atomic E-state index is 12.2. The van der Waals surface area contributed by atoms with Gasteiger partial charge in [0, 0.05) is 31.4 Å². The highest BCUT2D eigenvalue weighted by atomic mass is 16.5. The van der Waals surface area contributed by atoms with Gasteiger partial charge in [0.1, 0.15) is 5.69 Å². The molecule has 6 nitrogen and oxygen atoms in total. The van der Waals surface area contributed by atoms with Gasteiger partial charge in [-0.2, -0.15) is 0 Å². The van der Waals surface area contributed by atoms with E-state index in [0.29, 0.717) is 23.8 Å². The minimum atomic E-state index is -0.140. The van der Waals surface area contributed by atoms with Crippen molar-refractivity contribution in [1.29, 1.82) is 0 Å². The summed E-state index contributed by atoms with van der Waals surface area (Å²) in [6, 6.07) is 0.583. The van der Waals surface area contributed by atoms with Gasteiger partial charge in [0.15, 0.2) is 0 Å². The monoisotopic (exact) mass is 304 g/mol. The van der Waals surface area contributed by atoms with Crippen LogP contribution in [0.15, 0.2) is 12.4 Å². The van der Waals surface area contributed by atoms with Crippen LogP contribution in [0.25, 0.3) is 0 Å². The molecule has 2 aliphatic heterocycles. The highest BCUT2D eigenvalue weighted by molar-refractivity contribution is 5.92. The van der Waals surface area contributed by atoms with Crippen LogP contribution < -0.4 is 5.32 Å². The molecule has 3 rings (SSSR count). The standard InChI is InChI=1S/C16H24N4O2/c1-10(2)15-8-20-7-12(4-13(20)9-22-15)19-16(21)14-6-17-11(3)5-18-14/h5-6,10,12-13,15H,4,7-9H2,1-3H3,(H,19,21)/t12-,13+,15-/m1/s1. The van der Waals surface area contributed by atoms with Crippen LogP contribution >= 0.6 is 0 Å². The Morgan fingerprint density at radius 2 is 2.18 bits per heavy atom. The van der Waals surface area contributed by atoms with E-state index in [1.165, 1.54) is 6.20 Å². The number of hydrogen-bond donors (Lipinski definition) is 1. The second kappa shape index (κ2) is 6.30. The van der Waals surface area contributed by atoms with Gasteiger partial charge in [-0.25, -0.2) is 4.98 Å². The Labute approximate surface area is 131 Å². The third-order valence-corrected chi connectivity index (χ3v) is 4.54. The van der Waals surface area contributed by atoms with Crippen LogP contribution in [0.5, 0.6) is 0 Å². The van der Waals surface area contributed by atoms with E-state index in [-0.39, 0.29) is 11.9 Å². The van der Waals surface area contributed by atoms with Crippen LogP contribution in [0.1, 0.15) is 36.5 Å². The smallest absolute Gasteiger partial charge is 0.271 e. The van der Waals surface area contributed by atoms with Crippen LogP contribution in [0.3, 0.4) is 0 Å². The summed E-state index contributed by atoms with van der Waals surface area (Å²) in [6.45, 7) is 8.85. The second-order valence-corrected chi connectivity index (χ2v) is 6.67. The minimum absolute atomic E-state index is 0.140. The first-order valence-electron chi connectivity index (χ1n) is 7.98. The van der Waals surface area contributed by atoms with Gasteiger partial charge < -0.3 is 10.1 Å². The summed E-state index contributed by atoms with van der Waals surface area (Å²) >= 11 is 0. The number of nitrogens with zero attached hydrogens (tertiary/aromatic N) is 3. The van der Waals surface area contributed by atoms with Crippen molar-refractivity contribution in [2.45, 2.75) is 45.4 Å². The summed E-state index contributed by atoms with van der Waals surface area (Å²) in [5.41, 5.74) is 1.19. The number of aromatic nitrogens is 2. The summed E-state index contributed by atoms with van der Waals surface area (Å²) in [7, 11) is 0. The zero-order valence-electron chi connectivity index (χ0n) is 13.5. The molecule has 0 saturated carbocycles. The Kier molecular flexibility index (Phi) is 4.40. The number of carbonyl (C=O) groups is 1. The Morgan fingerprint density at radius 1 is 1.36 bits per heavy atom. The Bertz CT molecular complexity index is 531. The third kappa shape index (κ3) is 3.28. The summed E-state index contributed by atoms with van der Waals surface area (Å²) < 4.78 is 5.93. The molecule has 1 amide bonds. The first kappa shape index (κ1) is 15.4. The van der Waals surface area contributed by atoms with E-state index >= 15 is 0 Å². The van der Waals surface area contributed by atoms with Crippen LogP contribution in [0.2, 0.25) is 0 Å². The molecule has 22 heavy (non-hydrogen) atoms. The van der Waals surface area contributed by atoms with E-state index in [9.17, 15) is 4.79 Å². The lowest BCUT2D eigenvalue weighted by atomic mass is 10.0. The average molecular weight is 304 g/mol. The van der Waals surface area contributed by atoms with Crippen LogP contribution in [0, 0.1) is 12.8 Å². The number of amides is 1. The molecule has 120 valence electrons. The molecule has 0 unspecified atom stereocenters. The minimum Gasteiger partial charge on any atom is -0.375 e. The van der Waals surface area contributed by atoms with Gasteiger partial charge in [0.2, 0.25) is 0 Å². The molecule has 1 aromatic heterocycles. The van der Waals surface area contributed by atoms with Gasteiger partial charge in [-0.3, -0.25) is 14.7 Å².